The number of benzene rings is 1. The maximum atomic E-state index is 11.9. The summed E-state index contributed by atoms with van der Waals surface area (Å²) in [7, 11) is 0. The number of ether oxygens (including phenoxy) is 1. The van der Waals surface area contributed by atoms with Gasteiger partial charge in [-0.05, 0) is 30.5 Å². The number of hydrogen-bond donors (Lipinski definition) is 1. The number of rotatable bonds is 10. The summed E-state index contributed by atoms with van der Waals surface area (Å²) in [4.78, 5) is 46.6. The van der Waals surface area contributed by atoms with Gasteiger partial charge in [-0.3, -0.25) is 24.1 Å². The molecule has 0 spiro atoms. The van der Waals surface area contributed by atoms with Crippen molar-refractivity contribution in [2.45, 2.75) is 45.6 Å². The zero-order valence-corrected chi connectivity index (χ0v) is 15.0. The van der Waals surface area contributed by atoms with Crippen LogP contribution in [0.2, 0.25) is 0 Å². The molecule has 140 valence electrons. The molecule has 1 fully saturated rings. The Balaban J connectivity index is 1.60. The van der Waals surface area contributed by atoms with Gasteiger partial charge in [-0.1, -0.05) is 12.1 Å². The number of hydrogen-bond acceptors (Lipinski definition) is 6. The molecular weight excluding hydrogens is 336 g/mol. The molecule has 1 saturated heterocycles. The summed E-state index contributed by atoms with van der Waals surface area (Å²) in [6.07, 6.45) is 2.31. The third kappa shape index (κ3) is 6.31. The van der Waals surface area contributed by atoms with Crippen LogP contribution in [0, 0.1) is 0 Å². The molecule has 0 aliphatic carbocycles. The second kappa shape index (κ2) is 9.70. The molecule has 26 heavy (non-hydrogen) atoms. The quantitative estimate of drug-likeness (QED) is 0.390. The van der Waals surface area contributed by atoms with Crippen LogP contribution in [-0.4, -0.2) is 41.6 Å². The first kappa shape index (κ1) is 19.6. The van der Waals surface area contributed by atoms with E-state index in [1.165, 1.54) is 6.92 Å². The van der Waals surface area contributed by atoms with Gasteiger partial charge in [0.15, 0.2) is 5.78 Å². The third-order valence-corrected chi connectivity index (χ3v) is 4.10. The van der Waals surface area contributed by atoms with E-state index in [0.717, 1.165) is 29.1 Å². The Morgan fingerprint density at radius 3 is 2.35 bits per heavy atom. The lowest BCUT2D eigenvalue weighted by atomic mass is 10.1. The number of amides is 2. The molecule has 1 aliphatic heterocycles. The molecule has 2 amide bonds. The predicted molar refractivity (Wildman–Crippen MR) is 95.2 cm³/mol. The fourth-order valence-electron chi connectivity index (χ4n) is 2.64. The summed E-state index contributed by atoms with van der Waals surface area (Å²) >= 11 is 0. The summed E-state index contributed by atoms with van der Waals surface area (Å²) in [5.41, 5.74) is 1.87. The summed E-state index contributed by atoms with van der Waals surface area (Å²) in [5.74, 6) is -0.882. The average Bonchev–Trinajstić information content (AvgIpc) is 2.92. The zero-order chi connectivity index (χ0) is 18.9. The second-order valence-electron chi connectivity index (χ2n) is 6.27. The van der Waals surface area contributed by atoms with Crippen LogP contribution in [-0.2, 0) is 30.5 Å². The van der Waals surface area contributed by atoms with Crippen LogP contribution >= 0.6 is 0 Å². The van der Waals surface area contributed by atoms with E-state index in [9.17, 15) is 19.2 Å². The first-order valence-electron chi connectivity index (χ1n) is 8.77. The van der Waals surface area contributed by atoms with E-state index in [4.69, 9.17) is 4.74 Å². The van der Waals surface area contributed by atoms with Crippen molar-refractivity contribution in [3.05, 3.63) is 29.8 Å². The number of unbranched alkanes of at least 4 members (excludes halogenated alkanes) is 1. The van der Waals surface area contributed by atoms with Crippen molar-refractivity contribution in [1.29, 1.82) is 0 Å². The first-order valence-corrected chi connectivity index (χ1v) is 8.77. The van der Waals surface area contributed by atoms with E-state index in [-0.39, 0.29) is 49.6 Å². The fourth-order valence-corrected chi connectivity index (χ4v) is 2.64. The maximum Gasteiger partial charge on any atom is 0.302 e. The van der Waals surface area contributed by atoms with Gasteiger partial charge in [0.2, 0.25) is 11.8 Å². The number of carbonyl (C=O) groups excluding carboxylic acids is 4. The summed E-state index contributed by atoms with van der Waals surface area (Å²) < 4.78 is 4.93. The van der Waals surface area contributed by atoms with Crippen molar-refractivity contribution in [3.8, 4) is 0 Å². The van der Waals surface area contributed by atoms with E-state index < -0.39 is 0 Å². The van der Waals surface area contributed by atoms with Crippen LogP contribution in [0.1, 0.15) is 44.6 Å². The van der Waals surface area contributed by atoms with Crippen LogP contribution in [0.25, 0.3) is 0 Å². The predicted octanol–water partition coefficient (Wildman–Crippen LogP) is 2.05. The SMILES string of the molecule is CC(=O)OCc1ccc(NCCCCC(=O)CN2C(=O)CCC2=O)cc1. The lowest BCUT2D eigenvalue weighted by molar-refractivity contribution is -0.142. The van der Waals surface area contributed by atoms with Crippen LogP contribution < -0.4 is 5.32 Å². The monoisotopic (exact) mass is 360 g/mol. The van der Waals surface area contributed by atoms with Crippen LogP contribution in [0.4, 0.5) is 5.69 Å². The van der Waals surface area contributed by atoms with E-state index in [1.54, 1.807) is 0 Å². The summed E-state index contributed by atoms with van der Waals surface area (Å²) in [5, 5.41) is 3.26. The molecule has 1 aromatic rings. The van der Waals surface area contributed by atoms with Gasteiger partial charge in [0.1, 0.15) is 6.61 Å². The molecule has 1 aromatic carbocycles. The summed E-state index contributed by atoms with van der Waals surface area (Å²) in [6.45, 7) is 2.27. The molecule has 1 aliphatic rings. The number of ketones is 1. The first-order chi connectivity index (χ1) is 12.5. The molecule has 0 bridgehead atoms. The molecule has 0 atom stereocenters. The fraction of sp³-hybridized carbons (Fsp3) is 0.474. The van der Waals surface area contributed by atoms with Gasteiger partial charge in [-0.2, -0.15) is 0 Å². The minimum Gasteiger partial charge on any atom is -0.461 e. The van der Waals surface area contributed by atoms with E-state index in [2.05, 4.69) is 5.32 Å². The van der Waals surface area contributed by atoms with Crippen molar-refractivity contribution in [3.63, 3.8) is 0 Å². The van der Waals surface area contributed by atoms with Gasteiger partial charge in [0.05, 0.1) is 6.54 Å². The smallest absolute Gasteiger partial charge is 0.302 e. The Morgan fingerprint density at radius 2 is 1.73 bits per heavy atom. The number of nitrogens with zero attached hydrogens (tertiary/aromatic N) is 1. The minimum atomic E-state index is -0.305. The van der Waals surface area contributed by atoms with Crippen LogP contribution in [0.3, 0.4) is 0 Å². The van der Waals surface area contributed by atoms with Crippen LogP contribution in [0.5, 0.6) is 0 Å². The van der Waals surface area contributed by atoms with Gasteiger partial charge >= 0.3 is 5.97 Å². The number of anilines is 1. The van der Waals surface area contributed by atoms with Crippen molar-refractivity contribution < 1.29 is 23.9 Å². The van der Waals surface area contributed by atoms with Gasteiger partial charge < -0.3 is 10.1 Å². The van der Waals surface area contributed by atoms with Gasteiger partial charge in [0.25, 0.3) is 0 Å². The van der Waals surface area contributed by atoms with Gasteiger partial charge in [-0.15, -0.1) is 0 Å². The topological polar surface area (TPSA) is 92.8 Å². The number of nitrogens with one attached hydrogen (secondary N) is 1. The standard InChI is InChI=1S/C19H24N2O5/c1-14(22)26-13-15-5-7-16(8-6-15)20-11-3-2-4-17(23)12-21-18(24)9-10-19(21)25/h5-8,20H,2-4,9-13H2,1H3. The number of Topliss-reactive ketones (excluding diaryl/α,β-unsaturated/α-hetero) is 1. The van der Waals surface area contributed by atoms with Gasteiger partial charge in [-0.25, -0.2) is 0 Å². The number of esters is 1. The summed E-state index contributed by atoms with van der Waals surface area (Å²) in [6, 6.07) is 7.60. The molecule has 7 heteroatoms. The molecule has 0 radical (unpaired) electrons. The average molecular weight is 360 g/mol. The lowest BCUT2D eigenvalue weighted by Crippen LogP contribution is -2.34. The maximum absolute atomic E-state index is 11.9. The van der Waals surface area contributed by atoms with Crippen molar-refractivity contribution in [2.24, 2.45) is 0 Å². The molecule has 0 saturated carbocycles. The van der Waals surface area contributed by atoms with E-state index in [0.29, 0.717) is 12.8 Å². The number of likely N-dealkylation sites (tertiary alicyclic amines) is 1. The Hall–Kier alpha value is -2.70. The Morgan fingerprint density at radius 1 is 1.08 bits per heavy atom. The van der Waals surface area contributed by atoms with Crippen molar-refractivity contribution >= 4 is 29.3 Å². The number of imide groups is 1. The molecule has 1 heterocycles. The molecule has 0 aromatic heterocycles. The molecule has 7 nitrogen and oxygen atoms in total. The van der Waals surface area contributed by atoms with E-state index in [1.807, 2.05) is 24.3 Å². The Bertz CT molecular complexity index is 653. The molecule has 2 rings (SSSR count). The minimum absolute atomic E-state index is 0.0802. The largest absolute Gasteiger partial charge is 0.461 e. The number of carbonyl (C=O) groups is 4. The highest BCUT2D eigenvalue weighted by Gasteiger charge is 2.29. The Labute approximate surface area is 152 Å². The van der Waals surface area contributed by atoms with Crippen LogP contribution in [0.15, 0.2) is 24.3 Å². The molecule has 1 N–H and O–H groups in total. The zero-order valence-electron chi connectivity index (χ0n) is 15.0. The van der Waals surface area contributed by atoms with Crippen molar-refractivity contribution in [2.75, 3.05) is 18.4 Å². The highest BCUT2D eigenvalue weighted by molar-refractivity contribution is 6.04. The van der Waals surface area contributed by atoms with Gasteiger partial charge in [0, 0.05) is 38.4 Å². The lowest BCUT2D eigenvalue weighted by Gasteiger charge is -2.12. The normalized spacial score (nSPS) is 13.8. The highest BCUT2D eigenvalue weighted by Crippen LogP contribution is 2.13. The van der Waals surface area contributed by atoms with E-state index >= 15 is 0 Å². The third-order valence-electron chi connectivity index (χ3n) is 4.10. The van der Waals surface area contributed by atoms with Crippen molar-refractivity contribution in [1.82, 2.24) is 4.90 Å². The molecular formula is C19H24N2O5. The second-order valence-corrected chi connectivity index (χ2v) is 6.27. The highest BCUT2D eigenvalue weighted by atomic mass is 16.5. The molecule has 0 unspecified atom stereocenters. The Kier molecular flexibility index (Phi) is 7.32.